The van der Waals surface area contributed by atoms with Gasteiger partial charge < -0.3 is 15.5 Å². The Hall–Kier alpha value is -1.62. The van der Waals surface area contributed by atoms with Crippen molar-refractivity contribution in [1.29, 1.82) is 0 Å². The maximum Gasteiger partial charge on any atom is 0.354 e. The van der Waals surface area contributed by atoms with E-state index in [-0.39, 0.29) is 17.8 Å². The molecule has 1 aliphatic rings. The van der Waals surface area contributed by atoms with Gasteiger partial charge in [0.05, 0.1) is 6.10 Å². The number of hydrogen-bond donors (Lipinski definition) is 3. The van der Waals surface area contributed by atoms with Gasteiger partial charge in [-0.25, -0.2) is 9.78 Å². The van der Waals surface area contributed by atoms with Crippen LogP contribution in [0.3, 0.4) is 0 Å². The van der Waals surface area contributed by atoms with Crippen LogP contribution in [0.2, 0.25) is 0 Å². The molecule has 0 bridgehead atoms. The third-order valence-corrected chi connectivity index (χ3v) is 2.46. The van der Waals surface area contributed by atoms with Crippen LogP contribution < -0.4 is 5.32 Å². The molecule has 2 rings (SSSR count). The van der Waals surface area contributed by atoms with Crippen molar-refractivity contribution in [3.8, 4) is 0 Å². The Labute approximate surface area is 86.8 Å². The lowest BCUT2D eigenvalue weighted by Crippen LogP contribution is -2.38. The van der Waals surface area contributed by atoms with E-state index in [9.17, 15) is 4.79 Å². The fourth-order valence-corrected chi connectivity index (χ4v) is 1.58. The highest BCUT2D eigenvalue weighted by molar-refractivity contribution is 5.86. The van der Waals surface area contributed by atoms with Crippen molar-refractivity contribution in [1.82, 2.24) is 4.98 Å². The van der Waals surface area contributed by atoms with Gasteiger partial charge in [-0.1, -0.05) is 0 Å². The quantitative estimate of drug-likeness (QED) is 0.681. The summed E-state index contributed by atoms with van der Waals surface area (Å²) in [5.41, 5.74) is 0.763. The Morgan fingerprint density at radius 1 is 1.53 bits per heavy atom. The second-order valence-electron chi connectivity index (χ2n) is 3.70. The van der Waals surface area contributed by atoms with Gasteiger partial charge in [0, 0.05) is 17.9 Å². The SMILES string of the molecule is O=C(O)c1cc(NC2CC(O)C2)ccn1. The summed E-state index contributed by atoms with van der Waals surface area (Å²) in [5.74, 6) is -1.03. The molecule has 0 unspecified atom stereocenters. The van der Waals surface area contributed by atoms with Gasteiger partial charge in [0.1, 0.15) is 5.69 Å². The second-order valence-corrected chi connectivity index (χ2v) is 3.70. The zero-order chi connectivity index (χ0) is 10.8. The first kappa shape index (κ1) is 9.92. The number of pyridine rings is 1. The number of rotatable bonds is 3. The highest BCUT2D eigenvalue weighted by Crippen LogP contribution is 2.23. The van der Waals surface area contributed by atoms with Crippen LogP contribution in [0.5, 0.6) is 0 Å². The van der Waals surface area contributed by atoms with E-state index in [0.717, 1.165) is 5.69 Å². The predicted molar refractivity (Wildman–Crippen MR) is 53.8 cm³/mol. The number of nitrogens with zero attached hydrogens (tertiary/aromatic N) is 1. The molecule has 1 aromatic rings. The number of carboxylic acid groups (broad SMARTS) is 1. The molecule has 0 aliphatic heterocycles. The molecule has 1 saturated carbocycles. The number of carboxylic acids is 1. The molecule has 1 heterocycles. The number of aromatic carboxylic acids is 1. The van der Waals surface area contributed by atoms with Gasteiger partial charge in [-0.05, 0) is 25.0 Å². The summed E-state index contributed by atoms with van der Waals surface area (Å²) in [7, 11) is 0. The van der Waals surface area contributed by atoms with Crippen LogP contribution in [0.25, 0.3) is 0 Å². The molecule has 1 aromatic heterocycles. The van der Waals surface area contributed by atoms with Gasteiger partial charge in [-0.3, -0.25) is 0 Å². The lowest BCUT2D eigenvalue weighted by Gasteiger charge is -2.32. The minimum atomic E-state index is -1.03. The van der Waals surface area contributed by atoms with Crippen LogP contribution in [-0.4, -0.2) is 33.3 Å². The molecule has 5 heteroatoms. The number of aromatic nitrogens is 1. The molecule has 0 aromatic carbocycles. The normalized spacial score (nSPS) is 24.3. The van der Waals surface area contributed by atoms with Crippen molar-refractivity contribution in [2.75, 3.05) is 5.32 Å². The van der Waals surface area contributed by atoms with E-state index in [1.54, 1.807) is 6.07 Å². The molecule has 15 heavy (non-hydrogen) atoms. The molecule has 1 fully saturated rings. The maximum atomic E-state index is 10.6. The fraction of sp³-hybridized carbons (Fsp3) is 0.400. The van der Waals surface area contributed by atoms with Gasteiger partial charge in [0.15, 0.2) is 0 Å². The monoisotopic (exact) mass is 208 g/mol. The lowest BCUT2D eigenvalue weighted by atomic mass is 9.89. The summed E-state index contributed by atoms with van der Waals surface area (Å²) in [5, 5.41) is 21.0. The molecule has 5 nitrogen and oxygen atoms in total. The summed E-state index contributed by atoms with van der Waals surface area (Å²) in [6.07, 6.45) is 2.67. The van der Waals surface area contributed by atoms with E-state index in [4.69, 9.17) is 10.2 Å². The van der Waals surface area contributed by atoms with Crippen LogP contribution >= 0.6 is 0 Å². The van der Waals surface area contributed by atoms with Crippen LogP contribution in [0.15, 0.2) is 18.3 Å². The molecule has 0 amide bonds. The van der Waals surface area contributed by atoms with Gasteiger partial charge >= 0.3 is 5.97 Å². The highest BCUT2D eigenvalue weighted by atomic mass is 16.4. The Balaban J connectivity index is 2.02. The van der Waals surface area contributed by atoms with E-state index in [1.807, 2.05) is 0 Å². The second kappa shape index (κ2) is 3.86. The van der Waals surface area contributed by atoms with Crippen LogP contribution in [-0.2, 0) is 0 Å². The van der Waals surface area contributed by atoms with Crippen molar-refractivity contribution < 1.29 is 15.0 Å². The average molecular weight is 208 g/mol. The predicted octanol–water partition coefficient (Wildman–Crippen LogP) is 0.715. The van der Waals surface area contributed by atoms with Gasteiger partial charge in [0.2, 0.25) is 0 Å². The van der Waals surface area contributed by atoms with Gasteiger partial charge in [-0.15, -0.1) is 0 Å². The average Bonchev–Trinajstić information content (AvgIpc) is 2.16. The van der Waals surface area contributed by atoms with Gasteiger partial charge in [0.25, 0.3) is 0 Å². The molecule has 0 atom stereocenters. The largest absolute Gasteiger partial charge is 0.477 e. The topological polar surface area (TPSA) is 82.5 Å². The zero-order valence-electron chi connectivity index (χ0n) is 8.05. The smallest absolute Gasteiger partial charge is 0.354 e. The maximum absolute atomic E-state index is 10.6. The van der Waals surface area contributed by atoms with Crippen molar-refractivity contribution in [3.63, 3.8) is 0 Å². The van der Waals surface area contributed by atoms with Crippen LogP contribution in [0.1, 0.15) is 23.3 Å². The standard InChI is InChI=1S/C10H12N2O3/c13-8-3-7(4-8)12-6-1-2-11-9(5-6)10(14)15/h1-2,5,7-8,13H,3-4H2,(H,11,12)(H,14,15). The zero-order valence-corrected chi connectivity index (χ0v) is 8.05. The fourth-order valence-electron chi connectivity index (χ4n) is 1.58. The molecule has 1 aliphatic carbocycles. The summed E-state index contributed by atoms with van der Waals surface area (Å²) < 4.78 is 0. The summed E-state index contributed by atoms with van der Waals surface area (Å²) >= 11 is 0. The minimum Gasteiger partial charge on any atom is -0.477 e. The van der Waals surface area contributed by atoms with Crippen molar-refractivity contribution in [2.45, 2.75) is 25.0 Å². The number of aliphatic hydroxyl groups excluding tert-OH is 1. The number of aliphatic hydroxyl groups is 1. The lowest BCUT2D eigenvalue weighted by molar-refractivity contribution is 0.0689. The summed E-state index contributed by atoms with van der Waals surface area (Å²) in [4.78, 5) is 14.4. The van der Waals surface area contributed by atoms with E-state index >= 15 is 0 Å². The molecular formula is C10H12N2O3. The van der Waals surface area contributed by atoms with Crippen molar-refractivity contribution in [3.05, 3.63) is 24.0 Å². The minimum absolute atomic E-state index is 0.0277. The highest BCUT2D eigenvalue weighted by Gasteiger charge is 2.26. The summed E-state index contributed by atoms with van der Waals surface area (Å²) in [6, 6.07) is 3.45. The third-order valence-electron chi connectivity index (χ3n) is 2.46. The Morgan fingerprint density at radius 3 is 2.87 bits per heavy atom. The van der Waals surface area contributed by atoms with Crippen LogP contribution in [0, 0.1) is 0 Å². The number of carbonyl (C=O) groups is 1. The van der Waals surface area contributed by atoms with E-state index < -0.39 is 5.97 Å². The summed E-state index contributed by atoms with van der Waals surface area (Å²) in [6.45, 7) is 0. The van der Waals surface area contributed by atoms with Crippen LogP contribution in [0.4, 0.5) is 5.69 Å². The third kappa shape index (κ3) is 2.24. The number of hydrogen-bond acceptors (Lipinski definition) is 4. The first-order valence-corrected chi connectivity index (χ1v) is 4.79. The van der Waals surface area contributed by atoms with Crippen molar-refractivity contribution in [2.24, 2.45) is 0 Å². The molecule has 3 N–H and O–H groups in total. The number of anilines is 1. The molecule has 0 radical (unpaired) electrons. The molecule has 0 saturated heterocycles. The van der Waals surface area contributed by atoms with E-state index in [2.05, 4.69) is 10.3 Å². The molecular weight excluding hydrogens is 196 g/mol. The van der Waals surface area contributed by atoms with E-state index in [0.29, 0.717) is 12.8 Å². The van der Waals surface area contributed by atoms with E-state index in [1.165, 1.54) is 12.3 Å². The Kier molecular flexibility index (Phi) is 2.55. The first-order chi connectivity index (χ1) is 7.15. The Bertz CT molecular complexity index is 375. The van der Waals surface area contributed by atoms with Gasteiger partial charge in [-0.2, -0.15) is 0 Å². The molecule has 80 valence electrons. The first-order valence-electron chi connectivity index (χ1n) is 4.79. The Morgan fingerprint density at radius 2 is 2.27 bits per heavy atom. The van der Waals surface area contributed by atoms with Crippen molar-refractivity contribution >= 4 is 11.7 Å². The molecule has 0 spiro atoms. The number of nitrogens with one attached hydrogen (secondary N) is 1.